The number of piperidine rings is 1. The molecule has 0 spiro atoms. The number of nitro benzene ring substituents is 1. The van der Waals surface area contributed by atoms with Crippen LogP contribution in [0.4, 0.5) is 5.69 Å². The molecular formula is C17H22N2O6. The highest BCUT2D eigenvalue weighted by Crippen LogP contribution is 2.25. The highest BCUT2D eigenvalue weighted by molar-refractivity contribution is 5.81. The summed E-state index contributed by atoms with van der Waals surface area (Å²) in [6.07, 6.45) is 1.08. The maximum atomic E-state index is 12.1. The molecule has 0 bridgehead atoms. The number of benzene rings is 1. The third-order valence-electron chi connectivity index (χ3n) is 3.99. The Hall–Kier alpha value is -2.64. The lowest BCUT2D eigenvalue weighted by atomic mass is 9.92. The van der Waals surface area contributed by atoms with Gasteiger partial charge in [0.1, 0.15) is 0 Å². The molecular weight excluding hydrogens is 328 g/mol. The van der Waals surface area contributed by atoms with Gasteiger partial charge in [-0.1, -0.05) is 26.0 Å². The molecule has 1 aromatic carbocycles. The number of hydrogen-bond donors (Lipinski definition) is 0. The van der Waals surface area contributed by atoms with Crippen molar-refractivity contribution < 1.29 is 24.0 Å². The van der Waals surface area contributed by atoms with Crippen molar-refractivity contribution in [3.8, 4) is 5.75 Å². The van der Waals surface area contributed by atoms with E-state index < -0.39 is 17.5 Å². The summed E-state index contributed by atoms with van der Waals surface area (Å²) in [4.78, 5) is 35.8. The summed E-state index contributed by atoms with van der Waals surface area (Å²) in [6.45, 7) is 4.65. The van der Waals surface area contributed by atoms with Gasteiger partial charge in [-0.25, -0.2) is 4.79 Å². The Morgan fingerprint density at radius 3 is 2.48 bits per heavy atom. The standard InChI is InChI=1S/C17H22N2O6/c1-12-7-13(2)9-18(8-12)16(20)10-25-17(21)11-24-15-6-4-3-5-14(15)19(22)23/h3-6,12-13H,7-11H2,1-2H3/t12-,13-/m0/s1. The van der Waals surface area contributed by atoms with Crippen LogP contribution in [0.15, 0.2) is 24.3 Å². The molecule has 1 amide bonds. The van der Waals surface area contributed by atoms with Crippen molar-refractivity contribution >= 4 is 17.6 Å². The van der Waals surface area contributed by atoms with Gasteiger partial charge in [-0.2, -0.15) is 0 Å². The van der Waals surface area contributed by atoms with Gasteiger partial charge in [0.25, 0.3) is 5.91 Å². The van der Waals surface area contributed by atoms with Gasteiger partial charge in [-0.3, -0.25) is 14.9 Å². The number of hydrogen-bond acceptors (Lipinski definition) is 6. The minimum absolute atomic E-state index is 0.0190. The summed E-state index contributed by atoms with van der Waals surface area (Å²) in [7, 11) is 0. The topological polar surface area (TPSA) is 99.0 Å². The predicted octanol–water partition coefficient (Wildman–Crippen LogP) is 2.02. The summed E-state index contributed by atoms with van der Waals surface area (Å²) in [5.74, 6) is -0.160. The molecule has 1 aliphatic rings. The molecule has 0 saturated carbocycles. The van der Waals surface area contributed by atoms with E-state index in [-0.39, 0.29) is 24.0 Å². The van der Waals surface area contributed by atoms with Crippen molar-refractivity contribution in [1.29, 1.82) is 0 Å². The number of rotatable bonds is 6. The molecule has 0 unspecified atom stereocenters. The Labute approximate surface area is 145 Å². The lowest BCUT2D eigenvalue weighted by molar-refractivity contribution is -0.385. The summed E-state index contributed by atoms with van der Waals surface area (Å²) in [5, 5.41) is 10.9. The molecule has 0 aliphatic carbocycles. The van der Waals surface area contributed by atoms with Crippen molar-refractivity contribution in [1.82, 2.24) is 4.90 Å². The Kier molecular flexibility index (Phi) is 6.32. The molecule has 2 rings (SSSR count). The third-order valence-corrected chi connectivity index (χ3v) is 3.99. The molecule has 0 N–H and O–H groups in total. The maximum absolute atomic E-state index is 12.1. The van der Waals surface area contributed by atoms with Gasteiger partial charge in [-0.15, -0.1) is 0 Å². The van der Waals surface area contributed by atoms with Gasteiger partial charge < -0.3 is 14.4 Å². The monoisotopic (exact) mass is 350 g/mol. The Bertz CT molecular complexity index is 638. The Balaban J connectivity index is 1.79. The fourth-order valence-corrected chi connectivity index (χ4v) is 3.01. The average Bonchev–Trinajstić information content (AvgIpc) is 2.57. The van der Waals surface area contributed by atoms with Crippen LogP contribution in [-0.2, 0) is 14.3 Å². The van der Waals surface area contributed by atoms with Crippen LogP contribution in [0.1, 0.15) is 20.3 Å². The van der Waals surface area contributed by atoms with E-state index in [1.165, 1.54) is 18.2 Å². The molecule has 25 heavy (non-hydrogen) atoms. The largest absolute Gasteiger partial charge is 0.475 e. The van der Waals surface area contributed by atoms with Gasteiger partial charge in [0.05, 0.1) is 4.92 Å². The zero-order valence-corrected chi connectivity index (χ0v) is 14.3. The fourth-order valence-electron chi connectivity index (χ4n) is 3.01. The zero-order chi connectivity index (χ0) is 18.4. The van der Waals surface area contributed by atoms with Gasteiger partial charge >= 0.3 is 11.7 Å². The first-order valence-electron chi connectivity index (χ1n) is 8.16. The van der Waals surface area contributed by atoms with Crippen LogP contribution in [0.25, 0.3) is 0 Å². The number of likely N-dealkylation sites (tertiary alicyclic amines) is 1. The van der Waals surface area contributed by atoms with Crippen LogP contribution in [-0.4, -0.2) is 48.0 Å². The minimum Gasteiger partial charge on any atom is -0.475 e. The first kappa shape index (κ1) is 18.7. The van der Waals surface area contributed by atoms with E-state index >= 15 is 0 Å². The second-order valence-electron chi connectivity index (χ2n) is 6.42. The number of nitrogens with zero attached hydrogens (tertiary/aromatic N) is 2. The van der Waals surface area contributed by atoms with Gasteiger partial charge in [-0.05, 0) is 24.3 Å². The lowest BCUT2D eigenvalue weighted by Gasteiger charge is -2.34. The molecule has 1 aliphatic heterocycles. The molecule has 1 saturated heterocycles. The normalized spacial score (nSPS) is 20.0. The lowest BCUT2D eigenvalue weighted by Crippen LogP contribution is -2.44. The van der Waals surface area contributed by atoms with Crippen LogP contribution in [0.2, 0.25) is 0 Å². The number of nitro groups is 1. The van der Waals surface area contributed by atoms with E-state index in [9.17, 15) is 19.7 Å². The summed E-state index contributed by atoms with van der Waals surface area (Å²) >= 11 is 0. The first-order chi connectivity index (χ1) is 11.9. The highest BCUT2D eigenvalue weighted by atomic mass is 16.6. The van der Waals surface area contributed by atoms with E-state index in [0.717, 1.165) is 6.42 Å². The van der Waals surface area contributed by atoms with Crippen LogP contribution in [0.3, 0.4) is 0 Å². The molecule has 0 radical (unpaired) electrons. The van der Waals surface area contributed by atoms with Crippen LogP contribution < -0.4 is 4.74 Å². The average molecular weight is 350 g/mol. The van der Waals surface area contributed by atoms with Crippen LogP contribution in [0.5, 0.6) is 5.75 Å². The van der Waals surface area contributed by atoms with E-state index in [0.29, 0.717) is 24.9 Å². The van der Waals surface area contributed by atoms with Crippen molar-refractivity contribution in [3.63, 3.8) is 0 Å². The zero-order valence-electron chi connectivity index (χ0n) is 14.3. The van der Waals surface area contributed by atoms with E-state index in [2.05, 4.69) is 13.8 Å². The summed E-state index contributed by atoms with van der Waals surface area (Å²) < 4.78 is 10.1. The number of para-hydroxylation sites is 2. The Morgan fingerprint density at radius 1 is 1.20 bits per heavy atom. The van der Waals surface area contributed by atoms with Crippen molar-refractivity contribution in [2.24, 2.45) is 11.8 Å². The second kappa shape index (κ2) is 8.46. The summed E-state index contributed by atoms with van der Waals surface area (Å²) in [6, 6.07) is 5.74. The molecule has 136 valence electrons. The first-order valence-corrected chi connectivity index (χ1v) is 8.16. The third kappa shape index (κ3) is 5.44. The molecule has 8 nitrogen and oxygen atoms in total. The molecule has 0 aromatic heterocycles. The number of carbonyl (C=O) groups excluding carboxylic acids is 2. The molecule has 2 atom stereocenters. The second-order valence-corrected chi connectivity index (χ2v) is 6.42. The van der Waals surface area contributed by atoms with Crippen LogP contribution in [0, 0.1) is 22.0 Å². The molecule has 8 heteroatoms. The smallest absolute Gasteiger partial charge is 0.344 e. The number of carbonyl (C=O) groups is 2. The predicted molar refractivity (Wildman–Crippen MR) is 89.1 cm³/mol. The van der Waals surface area contributed by atoms with Crippen molar-refractivity contribution in [2.45, 2.75) is 20.3 Å². The maximum Gasteiger partial charge on any atom is 0.344 e. The highest BCUT2D eigenvalue weighted by Gasteiger charge is 2.26. The van der Waals surface area contributed by atoms with Gasteiger partial charge in [0.2, 0.25) is 0 Å². The number of amides is 1. The SMILES string of the molecule is C[C@H]1C[C@H](C)CN(C(=O)COC(=O)COc2ccccc2[N+](=O)[O-])C1. The van der Waals surface area contributed by atoms with E-state index in [1.54, 1.807) is 11.0 Å². The quantitative estimate of drug-likeness (QED) is 0.442. The molecule has 1 heterocycles. The summed E-state index contributed by atoms with van der Waals surface area (Å²) in [5.41, 5.74) is -0.234. The van der Waals surface area contributed by atoms with Crippen molar-refractivity contribution in [2.75, 3.05) is 26.3 Å². The van der Waals surface area contributed by atoms with Crippen molar-refractivity contribution in [3.05, 3.63) is 34.4 Å². The van der Waals surface area contributed by atoms with E-state index in [1.807, 2.05) is 0 Å². The van der Waals surface area contributed by atoms with Gasteiger partial charge in [0, 0.05) is 19.2 Å². The number of ether oxygens (including phenoxy) is 2. The minimum atomic E-state index is -0.746. The molecule has 1 fully saturated rings. The van der Waals surface area contributed by atoms with Gasteiger partial charge in [0.15, 0.2) is 19.0 Å². The molecule has 1 aromatic rings. The fraction of sp³-hybridized carbons (Fsp3) is 0.529. The number of esters is 1. The van der Waals surface area contributed by atoms with Crippen LogP contribution >= 0.6 is 0 Å². The van der Waals surface area contributed by atoms with E-state index in [4.69, 9.17) is 9.47 Å². The Morgan fingerprint density at radius 2 is 1.84 bits per heavy atom.